The zero-order valence-electron chi connectivity index (χ0n) is 7.00. The molecule has 0 aromatic heterocycles. The topological polar surface area (TPSA) is 49.5 Å². The number of nitrogens with two attached hydrogens (primary N) is 1. The Labute approximate surface area is 68.2 Å². The van der Waals surface area contributed by atoms with Crippen LogP contribution in [-0.2, 0) is 0 Å². The lowest BCUT2D eigenvalue weighted by Gasteiger charge is -2.22. The molecule has 1 saturated heterocycles. The fourth-order valence-corrected chi connectivity index (χ4v) is 1.84. The molecule has 1 heterocycles. The van der Waals surface area contributed by atoms with Crippen LogP contribution in [0.15, 0.2) is 0 Å². The molecular weight excluding hydrogens is 140 g/mol. The highest BCUT2D eigenvalue weighted by Gasteiger charge is 2.22. The molecule has 1 unspecified atom stereocenters. The summed E-state index contributed by atoms with van der Waals surface area (Å²) in [5, 5.41) is 8.74. The maximum atomic E-state index is 8.74. The maximum absolute atomic E-state index is 8.74. The monoisotopic (exact) mass is 158 g/mol. The Bertz CT molecular complexity index is 96.3. The first-order valence-corrected chi connectivity index (χ1v) is 4.43. The summed E-state index contributed by atoms with van der Waals surface area (Å²) >= 11 is 0. The average Bonchev–Trinajstić information content (AvgIpc) is 2.39. The molecule has 3 N–H and O–H groups in total. The predicted octanol–water partition coefficient (Wildman–Crippen LogP) is -0.208. The Morgan fingerprint density at radius 1 is 1.55 bits per heavy atom. The third-order valence-electron chi connectivity index (χ3n) is 2.39. The van der Waals surface area contributed by atoms with E-state index in [0.717, 1.165) is 26.1 Å². The van der Waals surface area contributed by atoms with Gasteiger partial charge in [0.1, 0.15) is 0 Å². The summed E-state index contributed by atoms with van der Waals surface area (Å²) in [5.41, 5.74) is 5.48. The first-order chi connectivity index (χ1) is 5.38. The molecule has 3 heteroatoms. The van der Waals surface area contributed by atoms with Crippen molar-refractivity contribution in [2.75, 3.05) is 26.2 Å². The van der Waals surface area contributed by atoms with Gasteiger partial charge in [0.15, 0.2) is 0 Å². The molecule has 66 valence electrons. The second kappa shape index (κ2) is 4.70. The number of hydrogen-bond acceptors (Lipinski definition) is 3. The summed E-state index contributed by atoms with van der Waals surface area (Å²) < 4.78 is 0. The van der Waals surface area contributed by atoms with E-state index in [0.29, 0.717) is 6.04 Å². The van der Waals surface area contributed by atoms with Crippen LogP contribution in [-0.4, -0.2) is 42.3 Å². The summed E-state index contributed by atoms with van der Waals surface area (Å²) in [6.45, 7) is 3.02. The zero-order chi connectivity index (χ0) is 8.10. The predicted molar refractivity (Wildman–Crippen MR) is 45.4 cm³/mol. The molecule has 0 spiro atoms. The number of likely N-dealkylation sites (tertiary alicyclic amines) is 1. The zero-order valence-corrected chi connectivity index (χ0v) is 7.00. The average molecular weight is 158 g/mol. The molecule has 1 rings (SSSR count). The second-order valence-corrected chi connectivity index (χ2v) is 3.13. The Hall–Kier alpha value is -0.120. The van der Waals surface area contributed by atoms with Gasteiger partial charge in [-0.25, -0.2) is 0 Å². The van der Waals surface area contributed by atoms with Crippen LogP contribution in [0.1, 0.15) is 19.3 Å². The lowest BCUT2D eigenvalue weighted by atomic mass is 10.1. The van der Waals surface area contributed by atoms with Crippen molar-refractivity contribution >= 4 is 0 Å². The molecule has 0 radical (unpaired) electrons. The second-order valence-electron chi connectivity index (χ2n) is 3.13. The minimum atomic E-state index is 0.279. The van der Waals surface area contributed by atoms with E-state index < -0.39 is 0 Å². The minimum absolute atomic E-state index is 0.279. The molecule has 11 heavy (non-hydrogen) atoms. The number of aliphatic hydroxyl groups is 1. The standard InChI is InChI=1S/C8H18N2O/c9-4-3-8-2-1-5-10(8)6-7-11/h8,11H,1-7,9H2. The molecule has 1 aliphatic heterocycles. The van der Waals surface area contributed by atoms with Crippen LogP contribution in [0, 0.1) is 0 Å². The Kier molecular flexibility index (Phi) is 3.83. The summed E-state index contributed by atoms with van der Waals surface area (Å²) in [7, 11) is 0. The summed E-state index contributed by atoms with van der Waals surface area (Å²) in [4.78, 5) is 2.34. The van der Waals surface area contributed by atoms with Crippen LogP contribution < -0.4 is 5.73 Å². The van der Waals surface area contributed by atoms with E-state index >= 15 is 0 Å². The number of β-amino-alcohol motifs (C(OH)–C–C–N with tert-alkyl or cyclic N) is 1. The van der Waals surface area contributed by atoms with Crippen molar-refractivity contribution in [3.63, 3.8) is 0 Å². The van der Waals surface area contributed by atoms with Gasteiger partial charge < -0.3 is 10.8 Å². The Morgan fingerprint density at radius 3 is 3.00 bits per heavy atom. The third-order valence-corrected chi connectivity index (χ3v) is 2.39. The van der Waals surface area contributed by atoms with Crippen molar-refractivity contribution in [2.45, 2.75) is 25.3 Å². The van der Waals surface area contributed by atoms with Crippen molar-refractivity contribution in [1.29, 1.82) is 0 Å². The molecule has 0 amide bonds. The SMILES string of the molecule is NCCC1CCCN1CCO. The lowest BCUT2D eigenvalue weighted by Crippen LogP contribution is -2.33. The first kappa shape index (κ1) is 8.97. The highest BCUT2D eigenvalue weighted by molar-refractivity contribution is 4.78. The Morgan fingerprint density at radius 2 is 2.36 bits per heavy atom. The first-order valence-electron chi connectivity index (χ1n) is 4.43. The molecule has 0 bridgehead atoms. The molecular formula is C8H18N2O. The van der Waals surface area contributed by atoms with Gasteiger partial charge in [0.05, 0.1) is 6.61 Å². The normalized spacial score (nSPS) is 26.2. The van der Waals surface area contributed by atoms with E-state index in [-0.39, 0.29) is 6.61 Å². The van der Waals surface area contributed by atoms with E-state index in [2.05, 4.69) is 4.90 Å². The quantitative estimate of drug-likeness (QED) is 0.595. The van der Waals surface area contributed by atoms with E-state index in [1.165, 1.54) is 12.8 Å². The maximum Gasteiger partial charge on any atom is 0.0558 e. The van der Waals surface area contributed by atoms with Crippen LogP contribution in [0.3, 0.4) is 0 Å². The highest BCUT2D eigenvalue weighted by Crippen LogP contribution is 2.18. The van der Waals surface area contributed by atoms with Crippen LogP contribution in [0.5, 0.6) is 0 Å². The van der Waals surface area contributed by atoms with Gasteiger partial charge in [0.2, 0.25) is 0 Å². The summed E-state index contributed by atoms with van der Waals surface area (Å²) in [6.07, 6.45) is 3.61. The van der Waals surface area contributed by atoms with Crippen molar-refractivity contribution < 1.29 is 5.11 Å². The van der Waals surface area contributed by atoms with Crippen LogP contribution in [0.25, 0.3) is 0 Å². The van der Waals surface area contributed by atoms with Gasteiger partial charge in [0, 0.05) is 12.6 Å². The van der Waals surface area contributed by atoms with E-state index in [1.54, 1.807) is 0 Å². The van der Waals surface area contributed by atoms with Gasteiger partial charge in [-0.05, 0) is 32.4 Å². The lowest BCUT2D eigenvalue weighted by molar-refractivity contribution is 0.181. The fourth-order valence-electron chi connectivity index (χ4n) is 1.84. The van der Waals surface area contributed by atoms with Gasteiger partial charge in [-0.15, -0.1) is 0 Å². The molecule has 3 nitrogen and oxygen atoms in total. The van der Waals surface area contributed by atoms with Gasteiger partial charge in [-0.1, -0.05) is 0 Å². The molecule has 1 aliphatic rings. The number of hydrogen-bond donors (Lipinski definition) is 2. The van der Waals surface area contributed by atoms with Crippen LogP contribution >= 0.6 is 0 Å². The van der Waals surface area contributed by atoms with Gasteiger partial charge >= 0.3 is 0 Å². The van der Waals surface area contributed by atoms with E-state index in [1.807, 2.05) is 0 Å². The molecule has 0 aromatic carbocycles. The van der Waals surface area contributed by atoms with Crippen molar-refractivity contribution in [3.8, 4) is 0 Å². The van der Waals surface area contributed by atoms with Crippen molar-refractivity contribution in [2.24, 2.45) is 5.73 Å². The number of rotatable bonds is 4. The molecule has 0 aromatic rings. The molecule has 1 fully saturated rings. The fraction of sp³-hybridized carbons (Fsp3) is 1.00. The minimum Gasteiger partial charge on any atom is -0.395 e. The molecule has 1 atom stereocenters. The molecule has 0 saturated carbocycles. The van der Waals surface area contributed by atoms with Crippen LogP contribution in [0.2, 0.25) is 0 Å². The van der Waals surface area contributed by atoms with E-state index in [9.17, 15) is 0 Å². The number of aliphatic hydroxyl groups excluding tert-OH is 1. The Balaban J connectivity index is 2.25. The van der Waals surface area contributed by atoms with Crippen LogP contribution in [0.4, 0.5) is 0 Å². The van der Waals surface area contributed by atoms with Gasteiger partial charge in [0.25, 0.3) is 0 Å². The van der Waals surface area contributed by atoms with E-state index in [4.69, 9.17) is 10.8 Å². The largest absolute Gasteiger partial charge is 0.395 e. The summed E-state index contributed by atoms with van der Waals surface area (Å²) in [5.74, 6) is 0. The third kappa shape index (κ3) is 2.43. The smallest absolute Gasteiger partial charge is 0.0558 e. The highest BCUT2D eigenvalue weighted by atomic mass is 16.3. The van der Waals surface area contributed by atoms with Gasteiger partial charge in [-0.2, -0.15) is 0 Å². The molecule has 0 aliphatic carbocycles. The van der Waals surface area contributed by atoms with Gasteiger partial charge in [-0.3, -0.25) is 4.90 Å². The number of nitrogens with zero attached hydrogens (tertiary/aromatic N) is 1. The summed E-state index contributed by atoms with van der Waals surface area (Å²) in [6, 6.07) is 0.646. The van der Waals surface area contributed by atoms with Crippen molar-refractivity contribution in [3.05, 3.63) is 0 Å². The van der Waals surface area contributed by atoms with Crippen molar-refractivity contribution in [1.82, 2.24) is 4.90 Å².